The quantitative estimate of drug-likeness (QED) is 0.859. The highest BCUT2D eigenvalue weighted by atomic mass is 32.1. The van der Waals surface area contributed by atoms with Gasteiger partial charge in [0.1, 0.15) is 0 Å². The SMILES string of the molecule is Cc1csc(=O)n1CCCC(=O)N(C)CC1CC(O)C1. The molecule has 2 rings (SSSR count). The van der Waals surface area contributed by atoms with Crippen molar-refractivity contribution in [3.05, 3.63) is 20.7 Å². The first-order chi connectivity index (χ1) is 9.47. The van der Waals surface area contributed by atoms with Gasteiger partial charge in [0.15, 0.2) is 0 Å². The second-order valence-electron chi connectivity index (χ2n) is 5.66. The van der Waals surface area contributed by atoms with Gasteiger partial charge in [0.25, 0.3) is 0 Å². The van der Waals surface area contributed by atoms with E-state index >= 15 is 0 Å². The number of aliphatic hydroxyl groups excluding tert-OH is 1. The molecule has 1 aromatic heterocycles. The first-order valence-corrected chi connectivity index (χ1v) is 7.92. The molecule has 20 heavy (non-hydrogen) atoms. The van der Waals surface area contributed by atoms with Crippen LogP contribution in [-0.2, 0) is 11.3 Å². The highest BCUT2D eigenvalue weighted by molar-refractivity contribution is 7.07. The maximum absolute atomic E-state index is 12.0. The summed E-state index contributed by atoms with van der Waals surface area (Å²) in [7, 11) is 1.81. The van der Waals surface area contributed by atoms with Gasteiger partial charge >= 0.3 is 4.87 Å². The lowest BCUT2D eigenvalue weighted by Crippen LogP contribution is -2.39. The van der Waals surface area contributed by atoms with Gasteiger partial charge in [-0.15, -0.1) is 0 Å². The van der Waals surface area contributed by atoms with E-state index in [0.29, 0.717) is 25.3 Å². The van der Waals surface area contributed by atoms with Gasteiger partial charge in [0.05, 0.1) is 6.10 Å². The van der Waals surface area contributed by atoms with Gasteiger partial charge in [-0.25, -0.2) is 0 Å². The van der Waals surface area contributed by atoms with Gasteiger partial charge in [0.2, 0.25) is 5.91 Å². The Kier molecular flexibility index (Phi) is 4.99. The van der Waals surface area contributed by atoms with Crippen LogP contribution in [0.25, 0.3) is 0 Å². The molecule has 6 heteroatoms. The number of carbonyl (C=O) groups excluding carboxylic acids is 1. The number of hydrogen-bond acceptors (Lipinski definition) is 4. The average Bonchev–Trinajstić information content (AvgIpc) is 2.68. The second-order valence-corrected chi connectivity index (χ2v) is 6.48. The lowest BCUT2D eigenvalue weighted by Gasteiger charge is -2.34. The number of nitrogens with zero attached hydrogens (tertiary/aromatic N) is 2. The van der Waals surface area contributed by atoms with E-state index in [1.807, 2.05) is 19.4 Å². The number of aromatic nitrogens is 1. The Labute approximate surface area is 122 Å². The molecular formula is C14H22N2O3S. The van der Waals surface area contributed by atoms with E-state index in [1.54, 1.807) is 9.47 Å². The average molecular weight is 298 g/mol. The molecule has 1 heterocycles. The summed E-state index contributed by atoms with van der Waals surface area (Å²) in [6, 6.07) is 0. The van der Waals surface area contributed by atoms with Gasteiger partial charge in [0, 0.05) is 37.6 Å². The predicted molar refractivity (Wildman–Crippen MR) is 78.9 cm³/mol. The first-order valence-electron chi connectivity index (χ1n) is 7.04. The lowest BCUT2D eigenvalue weighted by atomic mass is 9.82. The minimum Gasteiger partial charge on any atom is -0.393 e. The highest BCUT2D eigenvalue weighted by Gasteiger charge is 2.28. The minimum atomic E-state index is -0.169. The van der Waals surface area contributed by atoms with Crippen molar-refractivity contribution in [3.63, 3.8) is 0 Å². The van der Waals surface area contributed by atoms with Crippen molar-refractivity contribution in [1.29, 1.82) is 0 Å². The molecule has 0 atom stereocenters. The number of amides is 1. The molecule has 1 aliphatic rings. The van der Waals surface area contributed by atoms with Crippen LogP contribution in [0.15, 0.2) is 10.2 Å². The van der Waals surface area contributed by atoms with Crippen LogP contribution >= 0.6 is 11.3 Å². The number of aryl methyl sites for hydroxylation is 1. The van der Waals surface area contributed by atoms with Crippen LogP contribution in [0.5, 0.6) is 0 Å². The van der Waals surface area contributed by atoms with Gasteiger partial charge in [-0.1, -0.05) is 11.3 Å². The monoisotopic (exact) mass is 298 g/mol. The Morgan fingerprint density at radius 1 is 1.55 bits per heavy atom. The standard InChI is InChI=1S/C14H22N2O3S/c1-10-9-20-14(19)16(10)5-3-4-13(18)15(2)8-11-6-12(17)7-11/h9,11-12,17H,3-8H2,1-2H3. The number of aliphatic hydroxyl groups is 1. The summed E-state index contributed by atoms with van der Waals surface area (Å²) in [5, 5.41) is 11.1. The van der Waals surface area contributed by atoms with Crippen LogP contribution in [0.3, 0.4) is 0 Å². The molecule has 0 unspecified atom stereocenters. The molecule has 0 radical (unpaired) electrons. The molecule has 1 saturated carbocycles. The van der Waals surface area contributed by atoms with Crippen LogP contribution in [0.1, 0.15) is 31.4 Å². The summed E-state index contributed by atoms with van der Waals surface area (Å²) in [5.41, 5.74) is 0.962. The predicted octanol–water partition coefficient (Wildman–Crippen LogP) is 1.23. The van der Waals surface area contributed by atoms with E-state index in [9.17, 15) is 14.7 Å². The van der Waals surface area contributed by atoms with Crippen LogP contribution in [-0.4, -0.2) is 40.2 Å². The third-order valence-electron chi connectivity index (χ3n) is 3.92. The third-order valence-corrected chi connectivity index (χ3v) is 4.80. The van der Waals surface area contributed by atoms with Crippen molar-refractivity contribution in [2.24, 2.45) is 5.92 Å². The molecule has 112 valence electrons. The van der Waals surface area contributed by atoms with Gasteiger partial charge < -0.3 is 14.6 Å². The Balaban J connectivity index is 1.71. The smallest absolute Gasteiger partial charge is 0.307 e. The largest absolute Gasteiger partial charge is 0.393 e. The van der Waals surface area contributed by atoms with E-state index in [1.165, 1.54) is 11.3 Å². The number of thiazole rings is 1. The topological polar surface area (TPSA) is 62.5 Å². The molecule has 0 spiro atoms. The molecule has 0 aliphatic heterocycles. The van der Waals surface area contributed by atoms with E-state index in [0.717, 1.165) is 25.1 Å². The van der Waals surface area contributed by atoms with Crippen LogP contribution in [0, 0.1) is 12.8 Å². The zero-order valence-corrected chi connectivity index (χ0v) is 12.9. The molecular weight excluding hydrogens is 276 g/mol. The van der Waals surface area contributed by atoms with Gasteiger partial charge in [-0.2, -0.15) is 0 Å². The van der Waals surface area contributed by atoms with Crippen molar-refractivity contribution < 1.29 is 9.90 Å². The molecule has 1 N–H and O–H groups in total. The number of hydrogen-bond donors (Lipinski definition) is 1. The van der Waals surface area contributed by atoms with Crippen LogP contribution in [0.4, 0.5) is 0 Å². The van der Waals surface area contributed by atoms with Crippen molar-refractivity contribution in [3.8, 4) is 0 Å². The highest BCUT2D eigenvalue weighted by Crippen LogP contribution is 2.27. The Hall–Kier alpha value is -1.14. The zero-order valence-electron chi connectivity index (χ0n) is 12.0. The van der Waals surface area contributed by atoms with Crippen molar-refractivity contribution >= 4 is 17.2 Å². The molecule has 0 aromatic carbocycles. The lowest BCUT2D eigenvalue weighted by molar-refractivity contribution is -0.131. The minimum absolute atomic E-state index is 0.0479. The molecule has 0 bridgehead atoms. The molecule has 5 nitrogen and oxygen atoms in total. The fourth-order valence-corrected chi connectivity index (χ4v) is 3.35. The van der Waals surface area contributed by atoms with Crippen molar-refractivity contribution in [2.75, 3.05) is 13.6 Å². The van der Waals surface area contributed by atoms with E-state index in [2.05, 4.69) is 0 Å². The number of rotatable bonds is 6. The summed E-state index contributed by atoms with van der Waals surface area (Å²) < 4.78 is 1.72. The van der Waals surface area contributed by atoms with Gasteiger partial charge in [-0.3, -0.25) is 9.59 Å². The molecule has 1 fully saturated rings. The second kappa shape index (κ2) is 6.54. The van der Waals surface area contributed by atoms with E-state index in [4.69, 9.17) is 0 Å². The molecule has 1 amide bonds. The van der Waals surface area contributed by atoms with E-state index in [-0.39, 0.29) is 16.9 Å². The number of carbonyl (C=O) groups is 1. The van der Waals surface area contributed by atoms with E-state index < -0.39 is 0 Å². The summed E-state index contributed by atoms with van der Waals surface area (Å²) in [5.74, 6) is 0.563. The Bertz CT molecular complexity index is 517. The maximum atomic E-state index is 12.0. The first kappa shape index (κ1) is 15.3. The van der Waals surface area contributed by atoms with Crippen molar-refractivity contribution in [1.82, 2.24) is 9.47 Å². The summed E-state index contributed by atoms with van der Waals surface area (Å²) in [4.78, 5) is 25.3. The fraction of sp³-hybridized carbons (Fsp3) is 0.714. The maximum Gasteiger partial charge on any atom is 0.307 e. The third kappa shape index (κ3) is 3.70. The normalized spacial score (nSPS) is 21.6. The fourth-order valence-electron chi connectivity index (χ4n) is 2.59. The molecule has 1 aromatic rings. The summed E-state index contributed by atoms with van der Waals surface area (Å²) >= 11 is 1.20. The van der Waals surface area contributed by atoms with Crippen LogP contribution in [0.2, 0.25) is 0 Å². The molecule has 0 saturated heterocycles. The zero-order chi connectivity index (χ0) is 14.7. The molecule has 1 aliphatic carbocycles. The van der Waals surface area contributed by atoms with Gasteiger partial charge in [-0.05, 0) is 32.1 Å². The van der Waals surface area contributed by atoms with Crippen molar-refractivity contribution in [2.45, 2.75) is 45.3 Å². The Morgan fingerprint density at radius 2 is 2.25 bits per heavy atom. The summed E-state index contributed by atoms with van der Waals surface area (Å²) in [6.45, 7) is 3.25. The van der Waals surface area contributed by atoms with Crippen LogP contribution < -0.4 is 4.87 Å². The summed E-state index contributed by atoms with van der Waals surface area (Å²) in [6.07, 6.45) is 2.60. The Morgan fingerprint density at radius 3 is 2.80 bits per heavy atom.